The second-order valence-corrected chi connectivity index (χ2v) is 12.5. The summed E-state index contributed by atoms with van der Waals surface area (Å²) in [6.07, 6.45) is -3.88. The second kappa shape index (κ2) is 12.1. The molecule has 38 heavy (non-hydrogen) atoms. The van der Waals surface area contributed by atoms with Gasteiger partial charge in [0, 0.05) is 17.1 Å². The van der Waals surface area contributed by atoms with Crippen LogP contribution in [-0.4, -0.2) is 49.5 Å². The van der Waals surface area contributed by atoms with E-state index in [1.807, 2.05) is 0 Å². The SMILES string of the molecule is CC[C@H](C(=O)NC(C)(C)C)N(Cc1ccc(Cl)cc1)C(=O)CN(c1ccc(Cl)c(C(F)(F)F)c1)S(C)(=O)=O. The summed E-state index contributed by atoms with van der Waals surface area (Å²) in [7, 11) is -4.22. The van der Waals surface area contributed by atoms with Crippen molar-refractivity contribution >= 4 is 50.7 Å². The molecule has 7 nitrogen and oxygen atoms in total. The first-order chi connectivity index (χ1) is 17.3. The maximum atomic E-state index is 13.6. The van der Waals surface area contributed by atoms with Gasteiger partial charge in [0.05, 0.1) is 22.5 Å². The number of nitrogens with zero attached hydrogens (tertiary/aromatic N) is 2. The van der Waals surface area contributed by atoms with Gasteiger partial charge in [0.1, 0.15) is 12.6 Å². The Morgan fingerprint density at radius 1 is 1.03 bits per heavy atom. The molecule has 13 heteroatoms. The normalized spacial score (nSPS) is 13.1. The molecule has 0 radical (unpaired) electrons. The van der Waals surface area contributed by atoms with Crippen molar-refractivity contribution in [1.82, 2.24) is 10.2 Å². The van der Waals surface area contributed by atoms with Crippen molar-refractivity contribution in [2.75, 3.05) is 17.1 Å². The first kappa shape index (κ1) is 31.7. The average Bonchev–Trinajstić information content (AvgIpc) is 2.76. The molecular weight excluding hydrogens is 566 g/mol. The van der Waals surface area contributed by atoms with E-state index >= 15 is 0 Å². The molecule has 210 valence electrons. The van der Waals surface area contributed by atoms with Gasteiger partial charge in [0.25, 0.3) is 0 Å². The number of alkyl halides is 3. The van der Waals surface area contributed by atoms with Crippen molar-refractivity contribution in [3.8, 4) is 0 Å². The summed E-state index contributed by atoms with van der Waals surface area (Å²) in [4.78, 5) is 28.0. The Kier molecular flexibility index (Phi) is 10.1. The van der Waals surface area contributed by atoms with Crippen molar-refractivity contribution in [3.05, 3.63) is 63.6 Å². The van der Waals surface area contributed by atoms with Gasteiger partial charge in [-0.25, -0.2) is 8.42 Å². The Morgan fingerprint density at radius 2 is 1.61 bits per heavy atom. The molecule has 0 unspecified atom stereocenters. The molecule has 0 saturated carbocycles. The predicted octanol–water partition coefficient (Wildman–Crippen LogP) is 5.50. The van der Waals surface area contributed by atoms with E-state index in [9.17, 15) is 31.2 Å². The number of rotatable bonds is 9. The third kappa shape index (κ3) is 8.78. The van der Waals surface area contributed by atoms with Crippen molar-refractivity contribution in [2.45, 2.75) is 58.4 Å². The van der Waals surface area contributed by atoms with E-state index in [2.05, 4.69) is 5.32 Å². The zero-order valence-electron chi connectivity index (χ0n) is 21.6. The molecule has 2 amide bonds. The Labute approximate surface area is 230 Å². The van der Waals surface area contributed by atoms with Gasteiger partial charge in [-0.3, -0.25) is 13.9 Å². The largest absolute Gasteiger partial charge is 0.417 e. The maximum Gasteiger partial charge on any atom is 0.417 e. The number of hydrogen-bond donors (Lipinski definition) is 1. The minimum Gasteiger partial charge on any atom is -0.350 e. The standard InChI is InChI=1S/C25H30Cl2F3N3O4S/c1-6-21(23(35)31-24(2,3)4)32(14-16-7-9-17(26)10-8-16)22(34)15-33(38(5,36)37)18-11-12-20(27)19(13-18)25(28,29)30/h7-13,21H,6,14-15H2,1-5H3,(H,31,35)/t21-/m1/s1. The Hall–Kier alpha value is -2.50. The molecule has 2 rings (SSSR count). The van der Waals surface area contributed by atoms with Gasteiger partial charge in [0.15, 0.2) is 0 Å². The monoisotopic (exact) mass is 595 g/mol. The molecule has 0 heterocycles. The molecule has 0 fully saturated rings. The summed E-state index contributed by atoms with van der Waals surface area (Å²) < 4.78 is 66.2. The minimum atomic E-state index is -4.85. The highest BCUT2D eigenvalue weighted by Crippen LogP contribution is 2.37. The molecule has 0 aliphatic carbocycles. The van der Waals surface area contributed by atoms with Crippen LogP contribution in [-0.2, 0) is 32.3 Å². The molecule has 0 bridgehead atoms. The topological polar surface area (TPSA) is 86.8 Å². The van der Waals surface area contributed by atoms with E-state index in [4.69, 9.17) is 23.2 Å². The molecule has 1 atom stereocenters. The molecule has 0 aliphatic heterocycles. The highest BCUT2D eigenvalue weighted by atomic mass is 35.5. The summed E-state index contributed by atoms with van der Waals surface area (Å²) in [5, 5.41) is 2.66. The summed E-state index contributed by atoms with van der Waals surface area (Å²) in [5.41, 5.74) is -1.64. The quantitative estimate of drug-likeness (QED) is 0.414. The lowest BCUT2D eigenvalue weighted by Crippen LogP contribution is -2.55. The van der Waals surface area contributed by atoms with Crippen LogP contribution in [0.25, 0.3) is 0 Å². The minimum absolute atomic E-state index is 0.0713. The third-order valence-corrected chi connectivity index (χ3v) is 7.09. The number of hydrogen-bond acceptors (Lipinski definition) is 4. The Morgan fingerprint density at radius 3 is 2.08 bits per heavy atom. The van der Waals surface area contributed by atoms with Crippen molar-refractivity contribution in [1.29, 1.82) is 0 Å². The van der Waals surface area contributed by atoms with Gasteiger partial charge in [0.2, 0.25) is 21.8 Å². The van der Waals surface area contributed by atoms with E-state index in [0.717, 1.165) is 18.4 Å². The molecule has 2 aromatic rings. The number of carbonyl (C=O) groups excluding carboxylic acids is 2. The molecule has 0 aliphatic rings. The van der Waals surface area contributed by atoms with Crippen LogP contribution in [0, 0.1) is 0 Å². The molecule has 0 spiro atoms. The van der Waals surface area contributed by atoms with E-state index in [0.29, 0.717) is 21.0 Å². The number of anilines is 1. The fraction of sp³-hybridized carbons (Fsp3) is 0.440. The molecule has 2 aromatic carbocycles. The first-order valence-corrected chi connectivity index (χ1v) is 14.1. The smallest absolute Gasteiger partial charge is 0.350 e. The van der Waals surface area contributed by atoms with Crippen LogP contribution in [0.2, 0.25) is 10.0 Å². The number of carbonyl (C=O) groups is 2. The lowest BCUT2D eigenvalue weighted by molar-refractivity contribution is -0.141. The maximum absolute atomic E-state index is 13.6. The first-order valence-electron chi connectivity index (χ1n) is 11.5. The van der Waals surface area contributed by atoms with Crippen LogP contribution >= 0.6 is 23.2 Å². The van der Waals surface area contributed by atoms with Crippen LogP contribution < -0.4 is 9.62 Å². The van der Waals surface area contributed by atoms with Gasteiger partial charge in [-0.1, -0.05) is 42.3 Å². The zero-order valence-corrected chi connectivity index (χ0v) is 23.9. The number of benzene rings is 2. The fourth-order valence-electron chi connectivity index (χ4n) is 3.66. The highest BCUT2D eigenvalue weighted by Gasteiger charge is 2.36. The van der Waals surface area contributed by atoms with Crippen LogP contribution in [0.3, 0.4) is 0 Å². The van der Waals surface area contributed by atoms with Gasteiger partial charge in [-0.2, -0.15) is 13.2 Å². The van der Waals surface area contributed by atoms with E-state index in [1.54, 1.807) is 52.0 Å². The molecule has 1 N–H and O–H groups in total. The summed E-state index contributed by atoms with van der Waals surface area (Å²) >= 11 is 11.6. The number of sulfonamides is 1. The van der Waals surface area contributed by atoms with Gasteiger partial charge >= 0.3 is 6.18 Å². The Bertz CT molecular complexity index is 1260. The second-order valence-electron chi connectivity index (χ2n) is 9.74. The highest BCUT2D eigenvalue weighted by molar-refractivity contribution is 7.92. The van der Waals surface area contributed by atoms with Gasteiger partial charge in [-0.15, -0.1) is 0 Å². The van der Waals surface area contributed by atoms with Crippen molar-refractivity contribution < 1.29 is 31.2 Å². The third-order valence-electron chi connectivity index (χ3n) is 5.37. The summed E-state index contributed by atoms with van der Waals surface area (Å²) in [5.74, 6) is -1.25. The Balaban J connectivity index is 2.53. The summed E-state index contributed by atoms with van der Waals surface area (Å²) in [6, 6.07) is 8.09. The van der Waals surface area contributed by atoms with Crippen LogP contribution in [0.1, 0.15) is 45.2 Å². The number of nitrogens with one attached hydrogen (secondary N) is 1. The number of amides is 2. The number of halogens is 5. The molecule has 0 saturated heterocycles. The lowest BCUT2D eigenvalue weighted by atomic mass is 10.1. The predicted molar refractivity (Wildman–Crippen MR) is 143 cm³/mol. The summed E-state index contributed by atoms with van der Waals surface area (Å²) in [6.45, 7) is 6.09. The van der Waals surface area contributed by atoms with E-state index < -0.39 is 62.4 Å². The molecule has 0 aromatic heterocycles. The van der Waals surface area contributed by atoms with Gasteiger partial charge in [-0.05, 0) is 63.1 Å². The van der Waals surface area contributed by atoms with Crippen molar-refractivity contribution in [2.24, 2.45) is 0 Å². The van der Waals surface area contributed by atoms with Crippen LogP contribution in [0.15, 0.2) is 42.5 Å². The lowest BCUT2D eigenvalue weighted by Gasteiger charge is -2.34. The zero-order chi connectivity index (χ0) is 29.1. The average molecular weight is 596 g/mol. The van der Waals surface area contributed by atoms with Gasteiger partial charge < -0.3 is 10.2 Å². The van der Waals surface area contributed by atoms with Crippen LogP contribution in [0.5, 0.6) is 0 Å². The van der Waals surface area contributed by atoms with Crippen LogP contribution in [0.4, 0.5) is 18.9 Å². The van der Waals surface area contributed by atoms with Crippen molar-refractivity contribution in [3.63, 3.8) is 0 Å². The fourth-order valence-corrected chi connectivity index (χ4v) is 4.85. The molecular formula is C25H30Cl2F3N3O4S. The van der Waals surface area contributed by atoms with E-state index in [1.165, 1.54) is 4.90 Å². The van der Waals surface area contributed by atoms with E-state index in [-0.39, 0.29) is 13.0 Å².